The van der Waals surface area contributed by atoms with Gasteiger partial charge in [0.2, 0.25) is 10.0 Å². The van der Waals surface area contributed by atoms with Gasteiger partial charge in [0.15, 0.2) is 0 Å². The third kappa shape index (κ3) is 5.92. The number of hydrogen-bond acceptors (Lipinski definition) is 4. The summed E-state index contributed by atoms with van der Waals surface area (Å²) in [6, 6.07) is 22.3. The van der Waals surface area contributed by atoms with Crippen molar-refractivity contribution in [2.45, 2.75) is 29.3 Å². The molecule has 140 valence electrons. The second-order valence-corrected chi connectivity index (χ2v) is 9.05. The van der Waals surface area contributed by atoms with Gasteiger partial charge in [0.1, 0.15) is 0 Å². The number of aromatic nitrogens is 1. The number of hydrogen-bond donors (Lipinski definition) is 1. The van der Waals surface area contributed by atoms with Crippen LogP contribution in [-0.4, -0.2) is 25.2 Å². The van der Waals surface area contributed by atoms with Crippen molar-refractivity contribution in [1.82, 2.24) is 9.71 Å². The van der Waals surface area contributed by atoms with Gasteiger partial charge in [-0.15, -0.1) is 11.8 Å². The SMILES string of the molecule is Cc1ccc(S(=O)(=O)N[C@H](CSc2ccccn2)Cc2ccccc2)cc1. The average Bonchev–Trinajstić information content (AvgIpc) is 2.68. The maximum absolute atomic E-state index is 12.8. The predicted octanol–water partition coefficient (Wildman–Crippen LogP) is 4.07. The number of nitrogens with one attached hydrogen (secondary N) is 1. The number of aryl methyl sites for hydroxylation is 1. The predicted molar refractivity (Wildman–Crippen MR) is 110 cm³/mol. The lowest BCUT2D eigenvalue weighted by Gasteiger charge is -2.19. The highest BCUT2D eigenvalue weighted by Gasteiger charge is 2.21. The van der Waals surface area contributed by atoms with Crippen LogP contribution in [0.3, 0.4) is 0 Å². The molecule has 1 heterocycles. The summed E-state index contributed by atoms with van der Waals surface area (Å²) in [5.74, 6) is 0.594. The van der Waals surface area contributed by atoms with Crippen molar-refractivity contribution in [1.29, 1.82) is 0 Å². The molecule has 3 rings (SSSR count). The van der Waals surface area contributed by atoms with Crippen molar-refractivity contribution >= 4 is 21.8 Å². The zero-order valence-corrected chi connectivity index (χ0v) is 16.7. The number of pyridine rings is 1. The van der Waals surface area contributed by atoms with Crippen LogP contribution in [0.5, 0.6) is 0 Å². The second-order valence-electron chi connectivity index (χ2n) is 6.30. The van der Waals surface area contributed by atoms with Crippen LogP contribution in [0.15, 0.2) is 88.9 Å². The highest BCUT2D eigenvalue weighted by Crippen LogP contribution is 2.19. The molecule has 2 aromatic carbocycles. The van der Waals surface area contributed by atoms with E-state index in [1.165, 1.54) is 0 Å². The van der Waals surface area contributed by atoms with Gasteiger partial charge >= 0.3 is 0 Å². The smallest absolute Gasteiger partial charge is 0.240 e. The number of rotatable bonds is 8. The summed E-state index contributed by atoms with van der Waals surface area (Å²) in [4.78, 5) is 4.59. The van der Waals surface area contributed by atoms with E-state index < -0.39 is 10.0 Å². The van der Waals surface area contributed by atoms with E-state index in [9.17, 15) is 8.42 Å². The van der Waals surface area contributed by atoms with E-state index in [0.717, 1.165) is 16.2 Å². The average molecular weight is 399 g/mol. The number of thioether (sulfide) groups is 1. The van der Waals surface area contributed by atoms with Crippen molar-refractivity contribution in [2.75, 3.05) is 5.75 Å². The molecule has 0 bridgehead atoms. The summed E-state index contributed by atoms with van der Waals surface area (Å²) in [5.41, 5.74) is 2.12. The summed E-state index contributed by atoms with van der Waals surface area (Å²) < 4.78 is 28.5. The Labute approximate surface area is 165 Å². The highest BCUT2D eigenvalue weighted by atomic mass is 32.2. The Morgan fingerprint density at radius 2 is 1.67 bits per heavy atom. The van der Waals surface area contributed by atoms with Crippen LogP contribution in [-0.2, 0) is 16.4 Å². The molecular formula is C21H22N2O2S2. The van der Waals surface area contributed by atoms with Gasteiger partial charge in [0.05, 0.1) is 9.92 Å². The fraction of sp³-hybridized carbons (Fsp3) is 0.190. The van der Waals surface area contributed by atoms with Crippen LogP contribution in [0.1, 0.15) is 11.1 Å². The normalized spacial score (nSPS) is 12.6. The Morgan fingerprint density at radius 1 is 0.963 bits per heavy atom. The fourth-order valence-corrected chi connectivity index (χ4v) is 4.88. The minimum atomic E-state index is -3.58. The Morgan fingerprint density at radius 3 is 2.33 bits per heavy atom. The van der Waals surface area contributed by atoms with Gasteiger partial charge in [-0.25, -0.2) is 18.1 Å². The molecule has 1 atom stereocenters. The van der Waals surface area contributed by atoms with Crippen molar-refractivity contribution in [2.24, 2.45) is 0 Å². The van der Waals surface area contributed by atoms with E-state index in [2.05, 4.69) is 9.71 Å². The van der Waals surface area contributed by atoms with Crippen molar-refractivity contribution < 1.29 is 8.42 Å². The summed E-state index contributed by atoms with van der Waals surface area (Å²) in [6.07, 6.45) is 2.36. The van der Waals surface area contributed by atoms with E-state index in [1.54, 1.807) is 30.1 Å². The summed E-state index contributed by atoms with van der Waals surface area (Å²) >= 11 is 1.55. The van der Waals surface area contributed by atoms with Crippen LogP contribution in [0.2, 0.25) is 0 Å². The maximum Gasteiger partial charge on any atom is 0.240 e. The molecule has 0 spiro atoms. The first-order chi connectivity index (χ1) is 13.0. The van der Waals surface area contributed by atoms with E-state index in [-0.39, 0.29) is 10.9 Å². The molecule has 0 aliphatic rings. The lowest BCUT2D eigenvalue weighted by molar-refractivity contribution is 0.561. The number of sulfonamides is 1. The van der Waals surface area contributed by atoms with Gasteiger partial charge in [0.25, 0.3) is 0 Å². The van der Waals surface area contributed by atoms with Crippen molar-refractivity contribution in [3.8, 4) is 0 Å². The number of benzene rings is 2. The van der Waals surface area contributed by atoms with Crippen LogP contribution >= 0.6 is 11.8 Å². The van der Waals surface area contributed by atoms with E-state index in [4.69, 9.17) is 0 Å². The Hall–Kier alpha value is -2.15. The van der Waals surface area contributed by atoms with Crippen LogP contribution < -0.4 is 4.72 Å². The first kappa shape index (κ1) is 19.6. The van der Waals surface area contributed by atoms with E-state index in [0.29, 0.717) is 12.2 Å². The standard InChI is InChI=1S/C21H22N2O2S2/c1-17-10-12-20(13-11-17)27(24,25)23-19(15-18-7-3-2-4-8-18)16-26-21-9-5-6-14-22-21/h2-14,19,23H,15-16H2,1H3/t19-/m0/s1. The topological polar surface area (TPSA) is 59.1 Å². The first-order valence-corrected chi connectivity index (χ1v) is 11.2. The third-order valence-electron chi connectivity index (χ3n) is 4.05. The molecule has 0 unspecified atom stereocenters. The molecule has 4 nitrogen and oxygen atoms in total. The summed E-state index contributed by atoms with van der Waals surface area (Å²) in [7, 11) is -3.58. The molecule has 6 heteroatoms. The molecule has 0 aliphatic carbocycles. The minimum Gasteiger partial charge on any atom is -0.250 e. The zero-order chi connectivity index (χ0) is 19.1. The Balaban J connectivity index is 1.76. The van der Waals surface area contributed by atoms with Gasteiger partial charge in [-0.05, 0) is 43.2 Å². The maximum atomic E-state index is 12.8. The summed E-state index contributed by atoms with van der Waals surface area (Å²) in [6.45, 7) is 1.94. The number of nitrogens with zero attached hydrogens (tertiary/aromatic N) is 1. The molecule has 1 aromatic heterocycles. The largest absolute Gasteiger partial charge is 0.250 e. The minimum absolute atomic E-state index is 0.245. The van der Waals surface area contributed by atoms with Crippen LogP contribution in [0.4, 0.5) is 0 Å². The van der Waals surface area contributed by atoms with Gasteiger partial charge in [-0.3, -0.25) is 0 Å². The monoisotopic (exact) mass is 398 g/mol. The lowest BCUT2D eigenvalue weighted by atomic mass is 10.1. The second kappa shape index (κ2) is 9.17. The van der Waals surface area contributed by atoms with Crippen LogP contribution in [0.25, 0.3) is 0 Å². The molecule has 0 saturated heterocycles. The van der Waals surface area contributed by atoms with Gasteiger partial charge in [-0.1, -0.05) is 54.1 Å². The van der Waals surface area contributed by atoms with Gasteiger partial charge in [-0.2, -0.15) is 0 Å². The molecule has 1 N–H and O–H groups in total. The zero-order valence-electron chi connectivity index (χ0n) is 15.1. The van der Waals surface area contributed by atoms with E-state index in [1.807, 2.05) is 67.6 Å². The Kier molecular flexibility index (Phi) is 6.66. The molecule has 0 amide bonds. The fourth-order valence-electron chi connectivity index (χ4n) is 2.66. The van der Waals surface area contributed by atoms with Crippen molar-refractivity contribution in [3.05, 3.63) is 90.1 Å². The Bertz CT molecular complexity index is 944. The van der Waals surface area contributed by atoms with E-state index >= 15 is 0 Å². The summed E-state index contributed by atoms with van der Waals surface area (Å²) in [5, 5.41) is 0.880. The molecule has 0 saturated carbocycles. The van der Waals surface area contributed by atoms with Crippen LogP contribution in [0, 0.1) is 6.92 Å². The first-order valence-electron chi connectivity index (χ1n) is 8.70. The van der Waals surface area contributed by atoms with Gasteiger partial charge < -0.3 is 0 Å². The van der Waals surface area contributed by atoms with Gasteiger partial charge in [0, 0.05) is 18.0 Å². The molecule has 27 heavy (non-hydrogen) atoms. The lowest BCUT2D eigenvalue weighted by Crippen LogP contribution is -2.38. The molecule has 0 fully saturated rings. The quantitative estimate of drug-likeness (QED) is 0.581. The molecular weight excluding hydrogens is 376 g/mol. The van der Waals surface area contributed by atoms with Crippen molar-refractivity contribution in [3.63, 3.8) is 0 Å². The molecule has 0 aliphatic heterocycles. The molecule has 0 radical (unpaired) electrons. The highest BCUT2D eigenvalue weighted by molar-refractivity contribution is 7.99. The third-order valence-corrected chi connectivity index (χ3v) is 6.69. The molecule has 3 aromatic rings.